The number of halogens is 3. The molecule has 0 unspecified atom stereocenters. The highest BCUT2D eigenvalue weighted by Crippen LogP contribution is 2.29. The van der Waals surface area contributed by atoms with Crippen molar-refractivity contribution in [3.8, 4) is 0 Å². The number of carboxylic acids is 2. The highest BCUT2D eigenvalue weighted by atomic mass is 32.2. The van der Waals surface area contributed by atoms with Crippen LogP contribution in [-0.4, -0.2) is 114 Å². The summed E-state index contributed by atoms with van der Waals surface area (Å²) in [6.07, 6.45) is -3.94. The van der Waals surface area contributed by atoms with Gasteiger partial charge in [-0.3, -0.25) is 4.79 Å². The van der Waals surface area contributed by atoms with Gasteiger partial charge in [0.25, 0.3) is 0 Å². The second-order valence-electron chi connectivity index (χ2n) is 6.87. The van der Waals surface area contributed by atoms with E-state index in [-0.39, 0.29) is 31.1 Å². The molecule has 0 aliphatic carbocycles. The summed E-state index contributed by atoms with van der Waals surface area (Å²) in [5.41, 5.74) is 0. The van der Waals surface area contributed by atoms with Gasteiger partial charge in [0.05, 0.1) is 12.3 Å². The summed E-state index contributed by atoms with van der Waals surface area (Å²) in [6, 6.07) is -1.51. The van der Waals surface area contributed by atoms with E-state index in [0.29, 0.717) is 19.6 Å². The first-order valence-corrected chi connectivity index (χ1v) is 10.4. The molecule has 0 aromatic carbocycles. The molecule has 3 heterocycles. The van der Waals surface area contributed by atoms with Crippen molar-refractivity contribution in [1.29, 1.82) is 0 Å². The molecular formula is C14H21F3N4O7S. The predicted molar refractivity (Wildman–Crippen MR) is 90.5 cm³/mol. The van der Waals surface area contributed by atoms with Crippen LogP contribution in [0.1, 0.15) is 6.42 Å². The third-order valence-corrected chi connectivity index (χ3v) is 6.13. The molecule has 0 radical (unpaired) electrons. The number of rotatable bonds is 3. The van der Waals surface area contributed by atoms with Gasteiger partial charge in [0, 0.05) is 38.8 Å². The molecule has 3 fully saturated rings. The van der Waals surface area contributed by atoms with E-state index < -0.39 is 34.2 Å². The van der Waals surface area contributed by atoms with Crippen LogP contribution in [0.4, 0.5) is 18.0 Å². The van der Waals surface area contributed by atoms with Crippen molar-refractivity contribution in [2.24, 2.45) is 0 Å². The topological polar surface area (TPSA) is 148 Å². The Morgan fingerprint density at radius 1 is 1.14 bits per heavy atom. The van der Waals surface area contributed by atoms with Crippen molar-refractivity contribution >= 4 is 28.0 Å². The number of alkyl halides is 3. The molecule has 0 aromatic heterocycles. The van der Waals surface area contributed by atoms with E-state index in [0.717, 1.165) is 17.1 Å². The monoisotopic (exact) mass is 446 g/mol. The van der Waals surface area contributed by atoms with Gasteiger partial charge >= 0.3 is 24.1 Å². The highest BCUT2D eigenvalue weighted by Gasteiger charge is 2.49. The second-order valence-corrected chi connectivity index (χ2v) is 8.80. The fraction of sp³-hybridized carbons (Fsp3) is 0.786. The normalized spacial score (nSPS) is 28.0. The molecule has 3 rings (SSSR count). The minimum absolute atomic E-state index is 0.0511. The van der Waals surface area contributed by atoms with Crippen molar-refractivity contribution in [2.45, 2.75) is 30.7 Å². The highest BCUT2D eigenvalue weighted by molar-refractivity contribution is 7.88. The van der Waals surface area contributed by atoms with Crippen LogP contribution in [0.5, 0.6) is 0 Å². The van der Waals surface area contributed by atoms with Crippen molar-refractivity contribution < 1.29 is 46.2 Å². The van der Waals surface area contributed by atoms with Crippen molar-refractivity contribution in [1.82, 2.24) is 19.4 Å². The van der Waals surface area contributed by atoms with Crippen LogP contribution in [0.15, 0.2) is 0 Å². The summed E-state index contributed by atoms with van der Waals surface area (Å²) in [6.45, 7) is 2.65. The van der Waals surface area contributed by atoms with Crippen LogP contribution >= 0.6 is 0 Å². The molecule has 0 bridgehead atoms. The first kappa shape index (κ1) is 23.2. The Hall–Kier alpha value is -2.13. The standard InChI is InChI=1S/C12H20N4O5S.C2HF3O2/c1-22(20,21)16-7-8(4-10(16)11(17)18)15-6-9-5-13-2-3-14(9)12(15)19;3-2(4,5)1(6)7/h8-10,13H,2-7H2,1H3,(H,17,18);(H,6,7)/t8-,9-,10+;/m0./s1. The van der Waals surface area contributed by atoms with Crippen LogP contribution in [0, 0.1) is 0 Å². The number of sulfonamides is 1. The van der Waals surface area contributed by atoms with E-state index in [4.69, 9.17) is 9.90 Å². The molecule has 166 valence electrons. The first-order valence-electron chi connectivity index (χ1n) is 8.51. The van der Waals surface area contributed by atoms with E-state index in [9.17, 15) is 36.3 Å². The summed E-state index contributed by atoms with van der Waals surface area (Å²) < 4.78 is 56.3. The fourth-order valence-corrected chi connectivity index (χ4v) is 4.63. The fourth-order valence-electron chi connectivity index (χ4n) is 3.55. The lowest BCUT2D eigenvalue weighted by atomic mass is 10.1. The Balaban J connectivity index is 0.000000370. The summed E-state index contributed by atoms with van der Waals surface area (Å²) in [7, 11) is -3.61. The molecule has 2 amide bonds. The summed E-state index contributed by atoms with van der Waals surface area (Å²) in [5, 5.41) is 19.6. The zero-order chi connectivity index (χ0) is 22.1. The molecule has 3 atom stereocenters. The number of piperazine rings is 1. The van der Waals surface area contributed by atoms with Gasteiger partial charge in [-0.1, -0.05) is 0 Å². The van der Waals surface area contributed by atoms with Crippen LogP contribution in [0.25, 0.3) is 0 Å². The third kappa shape index (κ3) is 5.27. The van der Waals surface area contributed by atoms with E-state index in [1.54, 1.807) is 9.80 Å². The van der Waals surface area contributed by atoms with Gasteiger partial charge in [0.1, 0.15) is 6.04 Å². The molecule has 3 saturated heterocycles. The number of urea groups is 1. The largest absolute Gasteiger partial charge is 0.490 e. The maximum Gasteiger partial charge on any atom is 0.490 e. The first-order chi connectivity index (χ1) is 13.2. The molecule has 3 aliphatic heterocycles. The molecule has 3 aliphatic rings. The lowest BCUT2D eigenvalue weighted by Gasteiger charge is -2.28. The summed E-state index contributed by atoms with van der Waals surface area (Å²) in [5.74, 6) is -3.92. The van der Waals surface area contributed by atoms with E-state index in [1.807, 2.05) is 0 Å². The molecule has 0 saturated carbocycles. The Morgan fingerprint density at radius 2 is 1.72 bits per heavy atom. The summed E-state index contributed by atoms with van der Waals surface area (Å²) in [4.78, 5) is 36.1. The molecule has 0 aromatic rings. The van der Waals surface area contributed by atoms with E-state index >= 15 is 0 Å². The zero-order valence-corrected chi connectivity index (χ0v) is 16.1. The Kier molecular flexibility index (Phi) is 6.64. The van der Waals surface area contributed by atoms with E-state index in [1.165, 1.54) is 0 Å². The number of nitrogens with zero attached hydrogens (tertiary/aromatic N) is 3. The second kappa shape index (κ2) is 8.31. The van der Waals surface area contributed by atoms with Gasteiger partial charge in [0.15, 0.2) is 0 Å². The minimum atomic E-state index is -5.08. The average molecular weight is 446 g/mol. The number of aliphatic carboxylic acids is 2. The van der Waals surface area contributed by atoms with Gasteiger partial charge in [-0.25, -0.2) is 18.0 Å². The number of nitrogens with one attached hydrogen (secondary N) is 1. The number of carbonyl (C=O) groups is 3. The van der Waals surface area contributed by atoms with Crippen LogP contribution in [0.3, 0.4) is 0 Å². The minimum Gasteiger partial charge on any atom is -0.480 e. The average Bonchev–Trinajstić information content (AvgIpc) is 3.17. The Morgan fingerprint density at radius 3 is 2.14 bits per heavy atom. The number of fused-ring (bicyclic) bond motifs is 1. The van der Waals surface area contributed by atoms with Gasteiger partial charge in [-0.05, 0) is 6.42 Å². The Labute approximate surface area is 164 Å². The lowest BCUT2D eigenvalue weighted by Crippen LogP contribution is -2.50. The van der Waals surface area contributed by atoms with Crippen LogP contribution < -0.4 is 5.32 Å². The zero-order valence-electron chi connectivity index (χ0n) is 15.3. The molecule has 0 spiro atoms. The number of amides is 2. The molecule has 11 nitrogen and oxygen atoms in total. The maximum atomic E-state index is 12.5. The quantitative estimate of drug-likeness (QED) is 0.491. The van der Waals surface area contributed by atoms with Crippen molar-refractivity contribution in [2.75, 3.05) is 39.0 Å². The van der Waals surface area contributed by atoms with Crippen LogP contribution in [0.2, 0.25) is 0 Å². The lowest BCUT2D eigenvalue weighted by molar-refractivity contribution is -0.192. The smallest absolute Gasteiger partial charge is 0.480 e. The number of hydrogen-bond acceptors (Lipinski definition) is 6. The molecule has 29 heavy (non-hydrogen) atoms. The molecule has 15 heteroatoms. The predicted octanol–water partition coefficient (Wildman–Crippen LogP) is -1.18. The molecular weight excluding hydrogens is 425 g/mol. The van der Waals surface area contributed by atoms with Gasteiger partial charge < -0.3 is 25.3 Å². The van der Waals surface area contributed by atoms with Gasteiger partial charge in [-0.15, -0.1) is 0 Å². The van der Waals surface area contributed by atoms with Gasteiger partial charge in [-0.2, -0.15) is 17.5 Å². The summed E-state index contributed by atoms with van der Waals surface area (Å²) >= 11 is 0. The number of hydrogen-bond donors (Lipinski definition) is 3. The SMILES string of the molecule is CS(=O)(=O)N1C[C@@H](N2C[C@@H]3CNCCN3C2=O)C[C@@H]1C(=O)O.O=C(O)C(F)(F)F. The van der Waals surface area contributed by atoms with Gasteiger partial charge in [0.2, 0.25) is 10.0 Å². The molecule has 3 N–H and O–H groups in total. The third-order valence-electron chi connectivity index (χ3n) is 4.88. The maximum absolute atomic E-state index is 12.5. The van der Waals surface area contributed by atoms with E-state index in [2.05, 4.69) is 5.32 Å². The van der Waals surface area contributed by atoms with Crippen molar-refractivity contribution in [3.05, 3.63) is 0 Å². The Bertz CT molecular complexity index is 776. The van der Waals surface area contributed by atoms with Crippen molar-refractivity contribution in [3.63, 3.8) is 0 Å². The number of carboxylic acid groups (broad SMARTS) is 2. The number of carbonyl (C=O) groups excluding carboxylic acids is 1. The van der Waals surface area contributed by atoms with Crippen LogP contribution in [-0.2, 0) is 19.6 Å².